The van der Waals surface area contributed by atoms with Crippen molar-refractivity contribution in [1.29, 1.82) is 0 Å². The molecular formula is C25H27N3O4. The Morgan fingerprint density at radius 2 is 1.75 bits per heavy atom. The van der Waals surface area contributed by atoms with Crippen molar-refractivity contribution in [3.63, 3.8) is 0 Å². The molecule has 1 amide bonds. The molecule has 0 atom stereocenters. The highest BCUT2D eigenvalue weighted by molar-refractivity contribution is 5.89. The van der Waals surface area contributed by atoms with Crippen LogP contribution in [0.15, 0.2) is 59.7 Å². The van der Waals surface area contributed by atoms with E-state index in [4.69, 9.17) is 9.47 Å². The molecule has 0 saturated heterocycles. The molecule has 3 aromatic rings. The monoisotopic (exact) mass is 433 g/mol. The van der Waals surface area contributed by atoms with Crippen molar-refractivity contribution in [3.8, 4) is 11.4 Å². The molecule has 0 bridgehead atoms. The SMILES string of the molecule is CCOc1ccc(CC(=O)N/N=C\c2cc(C)n(-c3ccc(C(=O)OC)cc3)c2C)cc1. The molecule has 0 aliphatic rings. The van der Waals surface area contributed by atoms with Gasteiger partial charge in [0.25, 0.3) is 0 Å². The fourth-order valence-corrected chi connectivity index (χ4v) is 3.45. The molecule has 0 aliphatic carbocycles. The molecule has 1 aromatic heterocycles. The first-order valence-corrected chi connectivity index (χ1v) is 10.3. The van der Waals surface area contributed by atoms with Crippen LogP contribution in [0.1, 0.15) is 39.8 Å². The van der Waals surface area contributed by atoms with Gasteiger partial charge in [-0.1, -0.05) is 12.1 Å². The second-order valence-corrected chi connectivity index (χ2v) is 7.25. The molecule has 7 heteroatoms. The Bertz CT molecular complexity index is 1110. The minimum absolute atomic E-state index is 0.197. The summed E-state index contributed by atoms with van der Waals surface area (Å²) in [5, 5.41) is 4.12. The van der Waals surface area contributed by atoms with Crippen LogP contribution in [0.3, 0.4) is 0 Å². The molecule has 3 rings (SSSR count). The van der Waals surface area contributed by atoms with E-state index in [1.807, 2.05) is 63.2 Å². The van der Waals surface area contributed by atoms with Crippen molar-refractivity contribution in [2.75, 3.05) is 13.7 Å². The third-order valence-electron chi connectivity index (χ3n) is 5.01. The highest BCUT2D eigenvalue weighted by atomic mass is 16.5. The number of carbonyl (C=O) groups is 2. The minimum atomic E-state index is -0.369. The summed E-state index contributed by atoms with van der Waals surface area (Å²) in [6, 6.07) is 16.6. The van der Waals surface area contributed by atoms with Gasteiger partial charge in [0.1, 0.15) is 5.75 Å². The summed E-state index contributed by atoms with van der Waals surface area (Å²) < 4.78 is 12.2. The number of carbonyl (C=O) groups excluding carboxylic acids is 2. The highest BCUT2D eigenvalue weighted by Crippen LogP contribution is 2.20. The molecule has 1 heterocycles. The van der Waals surface area contributed by atoms with Gasteiger partial charge in [-0.25, -0.2) is 10.2 Å². The first kappa shape index (κ1) is 22.8. The van der Waals surface area contributed by atoms with Crippen molar-refractivity contribution in [3.05, 3.63) is 82.7 Å². The van der Waals surface area contributed by atoms with Crippen LogP contribution in [0.5, 0.6) is 5.75 Å². The van der Waals surface area contributed by atoms with E-state index >= 15 is 0 Å². The average Bonchev–Trinajstić information content (AvgIpc) is 3.08. The lowest BCUT2D eigenvalue weighted by atomic mass is 10.1. The maximum Gasteiger partial charge on any atom is 0.337 e. The van der Waals surface area contributed by atoms with Crippen molar-refractivity contribution in [2.24, 2.45) is 5.10 Å². The quantitative estimate of drug-likeness (QED) is 0.331. The zero-order valence-corrected chi connectivity index (χ0v) is 18.7. The Labute approximate surface area is 187 Å². The van der Waals surface area contributed by atoms with E-state index < -0.39 is 0 Å². The van der Waals surface area contributed by atoms with Gasteiger partial charge in [0.2, 0.25) is 5.91 Å². The van der Waals surface area contributed by atoms with Gasteiger partial charge in [-0.3, -0.25) is 4.79 Å². The molecule has 0 unspecified atom stereocenters. The summed E-state index contributed by atoms with van der Waals surface area (Å²) in [7, 11) is 1.36. The number of aryl methyl sites for hydroxylation is 1. The van der Waals surface area contributed by atoms with E-state index in [0.717, 1.165) is 34.0 Å². The van der Waals surface area contributed by atoms with Crippen LogP contribution >= 0.6 is 0 Å². The number of hydrogen-bond donors (Lipinski definition) is 1. The lowest BCUT2D eigenvalue weighted by molar-refractivity contribution is -0.120. The molecular weight excluding hydrogens is 406 g/mol. The van der Waals surface area contributed by atoms with Gasteiger partial charge in [0, 0.05) is 22.6 Å². The number of esters is 1. The van der Waals surface area contributed by atoms with Crippen molar-refractivity contribution >= 4 is 18.1 Å². The standard InChI is InChI=1S/C25H27N3O4/c1-5-32-23-12-6-19(7-13-23)15-24(29)27-26-16-21-14-17(2)28(18(21)3)22-10-8-20(9-11-22)25(30)31-4/h6-14,16H,5,15H2,1-4H3,(H,27,29)/b26-16-. The Hall–Kier alpha value is -3.87. The number of methoxy groups -OCH3 is 1. The normalized spacial score (nSPS) is 10.9. The van der Waals surface area contributed by atoms with Crippen LogP contribution in [0.4, 0.5) is 0 Å². The van der Waals surface area contributed by atoms with Crippen LogP contribution < -0.4 is 10.2 Å². The molecule has 0 radical (unpaired) electrons. The summed E-state index contributed by atoms with van der Waals surface area (Å²) in [4.78, 5) is 23.8. The summed E-state index contributed by atoms with van der Waals surface area (Å²) in [6.45, 7) is 6.50. The topological polar surface area (TPSA) is 81.9 Å². The number of nitrogens with one attached hydrogen (secondary N) is 1. The summed E-state index contributed by atoms with van der Waals surface area (Å²) >= 11 is 0. The van der Waals surface area contributed by atoms with Crippen LogP contribution in [-0.4, -0.2) is 36.4 Å². The smallest absolute Gasteiger partial charge is 0.337 e. The van der Waals surface area contributed by atoms with Crippen LogP contribution in [0.25, 0.3) is 5.69 Å². The molecule has 0 aliphatic heterocycles. The van der Waals surface area contributed by atoms with E-state index in [-0.39, 0.29) is 18.3 Å². The number of nitrogens with zero attached hydrogens (tertiary/aromatic N) is 2. The largest absolute Gasteiger partial charge is 0.494 e. The summed E-state index contributed by atoms with van der Waals surface area (Å²) in [6.07, 6.45) is 1.87. The number of aromatic nitrogens is 1. The van der Waals surface area contributed by atoms with E-state index in [1.54, 1.807) is 18.3 Å². The fourth-order valence-electron chi connectivity index (χ4n) is 3.45. The lowest BCUT2D eigenvalue weighted by Gasteiger charge is -2.10. The second kappa shape index (κ2) is 10.4. The number of hydrogen-bond acceptors (Lipinski definition) is 5. The average molecular weight is 434 g/mol. The van der Waals surface area contributed by atoms with Crippen molar-refractivity contribution in [1.82, 2.24) is 9.99 Å². The lowest BCUT2D eigenvalue weighted by Crippen LogP contribution is -2.19. The third-order valence-corrected chi connectivity index (χ3v) is 5.01. The molecule has 166 valence electrons. The highest BCUT2D eigenvalue weighted by Gasteiger charge is 2.11. The Balaban J connectivity index is 1.65. The number of benzene rings is 2. The predicted molar refractivity (Wildman–Crippen MR) is 124 cm³/mol. The maximum atomic E-state index is 12.2. The predicted octanol–water partition coefficient (Wildman–Crippen LogP) is 3.97. The number of amides is 1. The minimum Gasteiger partial charge on any atom is -0.494 e. The molecule has 32 heavy (non-hydrogen) atoms. The summed E-state index contributed by atoms with van der Waals surface area (Å²) in [5.74, 6) is 0.217. The van der Waals surface area contributed by atoms with Gasteiger partial charge in [-0.05, 0) is 68.8 Å². The van der Waals surface area contributed by atoms with E-state index in [9.17, 15) is 9.59 Å². The Morgan fingerprint density at radius 1 is 1.06 bits per heavy atom. The maximum absolute atomic E-state index is 12.2. The number of ether oxygens (including phenoxy) is 2. The molecule has 1 N–H and O–H groups in total. The molecule has 2 aromatic carbocycles. The van der Waals surface area contributed by atoms with E-state index in [2.05, 4.69) is 15.1 Å². The van der Waals surface area contributed by atoms with E-state index in [0.29, 0.717) is 12.2 Å². The van der Waals surface area contributed by atoms with Gasteiger partial charge in [-0.2, -0.15) is 5.10 Å². The molecule has 0 saturated carbocycles. The first-order chi connectivity index (χ1) is 15.4. The number of hydrazone groups is 1. The Kier molecular flexibility index (Phi) is 7.44. The van der Waals surface area contributed by atoms with Crippen LogP contribution in [0, 0.1) is 13.8 Å². The first-order valence-electron chi connectivity index (χ1n) is 10.3. The zero-order valence-electron chi connectivity index (χ0n) is 18.7. The van der Waals surface area contributed by atoms with Gasteiger partial charge < -0.3 is 14.0 Å². The third kappa shape index (κ3) is 5.43. The van der Waals surface area contributed by atoms with Gasteiger partial charge in [0.05, 0.1) is 31.9 Å². The Morgan fingerprint density at radius 3 is 2.38 bits per heavy atom. The number of rotatable bonds is 8. The van der Waals surface area contributed by atoms with Gasteiger partial charge in [0.15, 0.2) is 0 Å². The second-order valence-electron chi connectivity index (χ2n) is 7.25. The van der Waals surface area contributed by atoms with Gasteiger partial charge >= 0.3 is 5.97 Å². The summed E-state index contributed by atoms with van der Waals surface area (Å²) in [5.41, 5.74) is 7.75. The molecule has 7 nitrogen and oxygen atoms in total. The van der Waals surface area contributed by atoms with Crippen LogP contribution in [0.2, 0.25) is 0 Å². The zero-order chi connectivity index (χ0) is 23.1. The fraction of sp³-hybridized carbons (Fsp3) is 0.240. The molecule has 0 fully saturated rings. The van der Waals surface area contributed by atoms with Crippen molar-refractivity contribution < 1.29 is 19.1 Å². The van der Waals surface area contributed by atoms with E-state index in [1.165, 1.54) is 7.11 Å². The van der Waals surface area contributed by atoms with Gasteiger partial charge in [-0.15, -0.1) is 0 Å². The van der Waals surface area contributed by atoms with Crippen molar-refractivity contribution in [2.45, 2.75) is 27.2 Å². The van der Waals surface area contributed by atoms with Crippen LogP contribution in [-0.2, 0) is 16.0 Å². The molecule has 0 spiro atoms.